The second kappa shape index (κ2) is 3.16. The Labute approximate surface area is 55.2 Å². The average Bonchev–Trinajstić information content (AvgIpc) is 1.86. The number of hydrogen-bond acceptors (Lipinski definition) is 2. The third-order valence-electron chi connectivity index (χ3n) is 1.04. The van der Waals surface area contributed by atoms with Crippen LogP contribution >= 0.6 is 0 Å². The van der Waals surface area contributed by atoms with Gasteiger partial charge in [-0.1, -0.05) is 0 Å². The van der Waals surface area contributed by atoms with Crippen LogP contribution < -0.4 is 11.5 Å². The van der Waals surface area contributed by atoms with Crippen LogP contribution in [0, 0.1) is 0 Å². The maximum Gasteiger partial charge on any atom is 0.323 e. The summed E-state index contributed by atoms with van der Waals surface area (Å²) in [5.41, 5.74) is 9.25. The molecule has 62 valence electrons. The molecule has 0 heterocycles. The van der Waals surface area contributed by atoms with E-state index in [0.29, 0.717) is 0 Å². The molecule has 2 nitrogen and oxygen atoms in total. The van der Waals surface area contributed by atoms with E-state index in [1.807, 2.05) is 0 Å². The van der Waals surface area contributed by atoms with Crippen LogP contribution in [0.25, 0.3) is 0 Å². The fourth-order valence-electron chi connectivity index (χ4n) is 0.319. The lowest BCUT2D eigenvalue weighted by atomic mass is 10.2. The van der Waals surface area contributed by atoms with Crippen molar-refractivity contribution < 1.29 is 17.6 Å². The number of hydrogen-bond donors (Lipinski definition) is 2. The average molecular weight is 160 g/mol. The van der Waals surface area contributed by atoms with Gasteiger partial charge in [0.05, 0.1) is 6.04 Å². The summed E-state index contributed by atoms with van der Waals surface area (Å²) in [6, 6.07) is -1.97. The number of rotatable bonds is 3. The summed E-state index contributed by atoms with van der Waals surface area (Å²) >= 11 is 0. The number of halogens is 4. The van der Waals surface area contributed by atoms with Crippen molar-refractivity contribution in [2.24, 2.45) is 11.5 Å². The van der Waals surface area contributed by atoms with Gasteiger partial charge in [0.1, 0.15) is 0 Å². The molecule has 0 aliphatic rings. The van der Waals surface area contributed by atoms with E-state index < -0.39 is 24.9 Å². The van der Waals surface area contributed by atoms with E-state index in [9.17, 15) is 17.6 Å². The van der Waals surface area contributed by atoms with E-state index in [-0.39, 0.29) is 0 Å². The Balaban J connectivity index is 4.09. The summed E-state index contributed by atoms with van der Waals surface area (Å²) in [7, 11) is 0. The summed E-state index contributed by atoms with van der Waals surface area (Å²) in [5.74, 6) is -4.17. The van der Waals surface area contributed by atoms with Gasteiger partial charge in [-0.2, -0.15) is 8.78 Å². The Hall–Kier alpha value is -0.360. The van der Waals surface area contributed by atoms with Crippen LogP contribution in [0.4, 0.5) is 17.6 Å². The van der Waals surface area contributed by atoms with Gasteiger partial charge in [0.15, 0.2) is 0 Å². The Morgan fingerprint density at radius 1 is 1.30 bits per heavy atom. The molecular formula is C4H8F4N2. The SMILES string of the molecule is NC[C@@H](N)C(F)(F)C(F)F. The summed E-state index contributed by atoms with van der Waals surface area (Å²) in [6.07, 6.45) is -3.74. The molecule has 0 radical (unpaired) electrons. The molecular weight excluding hydrogens is 152 g/mol. The molecule has 0 saturated carbocycles. The predicted octanol–water partition coefficient (Wildman–Crippen LogP) is 0.173. The van der Waals surface area contributed by atoms with E-state index in [4.69, 9.17) is 0 Å². The second-order valence-electron chi connectivity index (χ2n) is 1.82. The normalized spacial score (nSPS) is 15.9. The van der Waals surface area contributed by atoms with Crippen molar-refractivity contribution in [2.45, 2.75) is 18.4 Å². The van der Waals surface area contributed by atoms with Gasteiger partial charge < -0.3 is 11.5 Å². The van der Waals surface area contributed by atoms with Crippen LogP contribution in [0.5, 0.6) is 0 Å². The highest BCUT2D eigenvalue weighted by molar-refractivity contribution is 4.82. The fraction of sp³-hybridized carbons (Fsp3) is 1.00. The van der Waals surface area contributed by atoms with Crippen LogP contribution in [0.15, 0.2) is 0 Å². The Morgan fingerprint density at radius 3 is 1.80 bits per heavy atom. The topological polar surface area (TPSA) is 52.0 Å². The number of alkyl halides is 4. The van der Waals surface area contributed by atoms with Crippen molar-refractivity contribution in [3.05, 3.63) is 0 Å². The zero-order valence-electron chi connectivity index (χ0n) is 5.03. The van der Waals surface area contributed by atoms with E-state index in [1.165, 1.54) is 0 Å². The molecule has 0 rings (SSSR count). The smallest absolute Gasteiger partial charge is 0.323 e. The van der Waals surface area contributed by atoms with Crippen molar-refractivity contribution in [1.82, 2.24) is 0 Å². The van der Waals surface area contributed by atoms with E-state index in [0.717, 1.165) is 0 Å². The molecule has 4 N–H and O–H groups in total. The zero-order valence-corrected chi connectivity index (χ0v) is 5.03. The van der Waals surface area contributed by atoms with Crippen LogP contribution in [-0.4, -0.2) is 24.9 Å². The molecule has 1 atom stereocenters. The minimum atomic E-state index is -4.17. The van der Waals surface area contributed by atoms with Crippen LogP contribution in [0.1, 0.15) is 0 Å². The molecule has 0 spiro atoms. The minimum absolute atomic E-state index is 0.655. The van der Waals surface area contributed by atoms with Gasteiger partial charge in [-0.05, 0) is 0 Å². The predicted molar refractivity (Wildman–Crippen MR) is 28.0 cm³/mol. The summed E-state index contributed by atoms with van der Waals surface area (Å²) in [4.78, 5) is 0. The first-order valence-electron chi connectivity index (χ1n) is 2.54. The molecule has 0 unspecified atom stereocenters. The van der Waals surface area contributed by atoms with Gasteiger partial charge in [0, 0.05) is 6.54 Å². The monoisotopic (exact) mass is 160 g/mol. The Kier molecular flexibility index (Phi) is 3.04. The van der Waals surface area contributed by atoms with Crippen molar-refractivity contribution in [2.75, 3.05) is 6.54 Å². The van der Waals surface area contributed by atoms with Crippen molar-refractivity contribution in [1.29, 1.82) is 0 Å². The standard InChI is InChI=1S/C4H8F4N2/c5-3(6)4(7,8)2(10)1-9/h2-3H,1,9-10H2/t2-/m1/s1. The van der Waals surface area contributed by atoms with Gasteiger partial charge in [0.2, 0.25) is 0 Å². The Bertz CT molecular complexity index is 105. The van der Waals surface area contributed by atoms with Gasteiger partial charge >= 0.3 is 12.3 Å². The molecule has 0 aliphatic carbocycles. The molecule has 0 aliphatic heterocycles. The minimum Gasteiger partial charge on any atom is -0.329 e. The zero-order chi connectivity index (χ0) is 8.36. The highest BCUT2D eigenvalue weighted by atomic mass is 19.3. The van der Waals surface area contributed by atoms with Crippen molar-refractivity contribution >= 4 is 0 Å². The molecule has 0 bridgehead atoms. The molecule has 0 fully saturated rings. The molecule has 0 amide bonds. The summed E-state index contributed by atoms with van der Waals surface area (Å²) in [6.45, 7) is -0.655. The fourth-order valence-corrected chi connectivity index (χ4v) is 0.319. The van der Waals surface area contributed by atoms with Crippen LogP contribution in [-0.2, 0) is 0 Å². The summed E-state index contributed by atoms with van der Waals surface area (Å²) in [5, 5.41) is 0. The van der Waals surface area contributed by atoms with Crippen molar-refractivity contribution in [3.63, 3.8) is 0 Å². The molecule has 0 aromatic carbocycles. The van der Waals surface area contributed by atoms with Gasteiger partial charge in [-0.3, -0.25) is 0 Å². The molecule has 0 aromatic heterocycles. The maximum atomic E-state index is 12.0. The van der Waals surface area contributed by atoms with E-state index in [1.54, 1.807) is 0 Å². The lowest BCUT2D eigenvalue weighted by Crippen LogP contribution is -2.50. The highest BCUT2D eigenvalue weighted by Crippen LogP contribution is 2.24. The van der Waals surface area contributed by atoms with Gasteiger partial charge in [-0.15, -0.1) is 0 Å². The lowest BCUT2D eigenvalue weighted by molar-refractivity contribution is -0.141. The molecule has 10 heavy (non-hydrogen) atoms. The van der Waals surface area contributed by atoms with E-state index >= 15 is 0 Å². The molecule has 0 aromatic rings. The maximum absolute atomic E-state index is 12.0. The van der Waals surface area contributed by atoms with Crippen LogP contribution in [0.3, 0.4) is 0 Å². The molecule has 0 saturated heterocycles. The Morgan fingerprint density at radius 2 is 1.70 bits per heavy atom. The number of nitrogens with two attached hydrogens (primary N) is 2. The first-order chi connectivity index (χ1) is 4.42. The largest absolute Gasteiger partial charge is 0.329 e. The van der Waals surface area contributed by atoms with Gasteiger partial charge in [-0.25, -0.2) is 8.78 Å². The first kappa shape index (κ1) is 9.64. The van der Waals surface area contributed by atoms with Crippen molar-refractivity contribution in [3.8, 4) is 0 Å². The quantitative estimate of drug-likeness (QED) is 0.578. The van der Waals surface area contributed by atoms with Crippen LogP contribution in [0.2, 0.25) is 0 Å². The second-order valence-corrected chi connectivity index (χ2v) is 1.82. The van der Waals surface area contributed by atoms with E-state index in [2.05, 4.69) is 11.5 Å². The highest BCUT2D eigenvalue weighted by Gasteiger charge is 2.46. The molecule has 6 heteroatoms. The van der Waals surface area contributed by atoms with Gasteiger partial charge in [0.25, 0.3) is 0 Å². The first-order valence-corrected chi connectivity index (χ1v) is 2.54. The summed E-state index contributed by atoms with van der Waals surface area (Å²) < 4.78 is 46.7. The third kappa shape index (κ3) is 1.81. The third-order valence-corrected chi connectivity index (χ3v) is 1.04. The lowest BCUT2D eigenvalue weighted by Gasteiger charge is -2.20.